The van der Waals surface area contributed by atoms with E-state index in [1.54, 1.807) is 0 Å². The summed E-state index contributed by atoms with van der Waals surface area (Å²) < 4.78 is 0. The van der Waals surface area contributed by atoms with Gasteiger partial charge in [0.05, 0.1) is 0 Å². The Morgan fingerprint density at radius 2 is 2.31 bits per heavy atom. The van der Waals surface area contributed by atoms with Crippen LogP contribution in [0.15, 0.2) is 0 Å². The summed E-state index contributed by atoms with van der Waals surface area (Å²) in [7, 11) is 0. The van der Waals surface area contributed by atoms with Crippen molar-refractivity contribution in [2.24, 2.45) is 0 Å². The summed E-state index contributed by atoms with van der Waals surface area (Å²) in [6, 6.07) is 1.46. The number of nitrogens with one attached hydrogen (secondary N) is 1. The Kier molecular flexibility index (Phi) is 3.23. The summed E-state index contributed by atoms with van der Waals surface area (Å²) in [5.74, 6) is 0. The summed E-state index contributed by atoms with van der Waals surface area (Å²) in [5, 5.41) is 3.59. The fourth-order valence-electron chi connectivity index (χ4n) is 2.51. The summed E-state index contributed by atoms with van der Waals surface area (Å²) in [6.45, 7) is 7.28. The molecule has 2 saturated heterocycles. The Hall–Kier alpha value is -0.0800. The normalized spacial score (nSPS) is 33.5. The van der Waals surface area contributed by atoms with Crippen molar-refractivity contribution < 1.29 is 0 Å². The first-order valence-corrected chi connectivity index (χ1v) is 5.70. The van der Waals surface area contributed by atoms with Crippen molar-refractivity contribution in [3.63, 3.8) is 0 Å². The standard InChI is InChI=1S/C11H21N2/c1-10(11-6-5-7-12-11)13-8-3-2-4-9-13/h8,10-12H,2-7,9H2,1H3. The van der Waals surface area contributed by atoms with Crippen molar-refractivity contribution in [2.75, 3.05) is 13.1 Å². The molecule has 1 N–H and O–H groups in total. The summed E-state index contributed by atoms with van der Waals surface area (Å²) in [6.07, 6.45) is 6.79. The van der Waals surface area contributed by atoms with Crippen LogP contribution in [0.1, 0.15) is 39.0 Å². The SMILES string of the molecule is CC(C1CCCN1)N1[CH]CCCC1. The Morgan fingerprint density at radius 3 is 2.92 bits per heavy atom. The molecule has 2 heterocycles. The smallest absolute Gasteiger partial charge is 0.0255 e. The predicted octanol–water partition coefficient (Wildman–Crippen LogP) is 1.77. The van der Waals surface area contributed by atoms with E-state index in [-0.39, 0.29) is 0 Å². The van der Waals surface area contributed by atoms with Gasteiger partial charge in [0.25, 0.3) is 0 Å². The molecule has 2 unspecified atom stereocenters. The van der Waals surface area contributed by atoms with Crippen molar-refractivity contribution >= 4 is 0 Å². The molecular weight excluding hydrogens is 160 g/mol. The van der Waals surface area contributed by atoms with Crippen molar-refractivity contribution in [1.82, 2.24) is 10.2 Å². The maximum atomic E-state index is 3.59. The molecule has 0 spiro atoms. The zero-order valence-corrected chi connectivity index (χ0v) is 8.63. The molecule has 1 radical (unpaired) electrons. The molecule has 2 heteroatoms. The van der Waals surface area contributed by atoms with Crippen LogP contribution < -0.4 is 5.32 Å². The molecule has 2 rings (SSSR count). The average molecular weight is 181 g/mol. The monoisotopic (exact) mass is 181 g/mol. The van der Waals surface area contributed by atoms with Gasteiger partial charge in [0.15, 0.2) is 0 Å². The van der Waals surface area contributed by atoms with Crippen molar-refractivity contribution in [1.29, 1.82) is 0 Å². The van der Waals surface area contributed by atoms with Crippen molar-refractivity contribution in [3.8, 4) is 0 Å². The highest BCUT2D eigenvalue weighted by atomic mass is 15.2. The van der Waals surface area contributed by atoms with Crippen LogP contribution in [0.2, 0.25) is 0 Å². The summed E-state index contributed by atoms with van der Waals surface area (Å²) >= 11 is 0. The van der Waals surface area contributed by atoms with Crippen LogP contribution in [0.4, 0.5) is 0 Å². The van der Waals surface area contributed by atoms with E-state index >= 15 is 0 Å². The maximum absolute atomic E-state index is 3.59. The lowest BCUT2D eigenvalue weighted by Gasteiger charge is -2.35. The van der Waals surface area contributed by atoms with Crippen LogP contribution in [-0.2, 0) is 0 Å². The largest absolute Gasteiger partial charge is 0.312 e. The molecule has 0 aromatic carbocycles. The van der Waals surface area contributed by atoms with Crippen LogP contribution in [0.5, 0.6) is 0 Å². The quantitative estimate of drug-likeness (QED) is 0.698. The van der Waals surface area contributed by atoms with E-state index in [9.17, 15) is 0 Å². The second-order valence-corrected chi connectivity index (χ2v) is 4.36. The molecule has 2 aliphatic heterocycles. The molecule has 13 heavy (non-hydrogen) atoms. The van der Waals surface area contributed by atoms with E-state index in [1.165, 1.54) is 45.2 Å². The van der Waals surface area contributed by atoms with Gasteiger partial charge in [0.1, 0.15) is 0 Å². The zero-order valence-electron chi connectivity index (χ0n) is 8.63. The minimum Gasteiger partial charge on any atom is -0.312 e. The molecule has 2 fully saturated rings. The Bertz CT molecular complexity index is 146. The number of nitrogens with zero attached hydrogens (tertiary/aromatic N) is 1. The van der Waals surface area contributed by atoms with Crippen LogP contribution in [0, 0.1) is 6.54 Å². The molecular formula is C11H21N2. The first kappa shape index (κ1) is 9.47. The molecule has 0 aromatic heterocycles. The lowest BCUT2D eigenvalue weighted by molar-refractivity contribution is 0.187. The third kappa shape index (κ3) is 2.23. The first-order chi connectivity index (χ1) is 6.38. The fraction of sp³-hybridized carbons (Fsp3) is 0.909. The lowest BCUT2D eigenvalue weighted by atomic mass is 10.0. The molecule has 2 aliphatic rings. The third-order valence-electron chi connectivity index (χ3n) is 3.44. The van der Waals surface area contributed by atoms with Gasteiger partial charge in [-0.05, 0) is 45.7 Å². The van der Waals surface area contributed by atoms with Gasteiger partial charge < -0.3 is 5.32 Å². The van der Waals surface area contributed by atoms with Gasteiger partial charge in [-0.1, -0.05) is 6.42 Å². The topological polar surface area (TPSA) is 15.3 Å². The lowest BCUT2D eigenvalue weighted by Crippen LogP contribution is -2.45. The molecule has 2 atom stereocenters. The van der Waals surface area contributed by atoms with Crippen LogP contribution in [-0.4, -0.2) is 30.1 Å². The van der Waals surface area contributed by atoms with E-state index in [4.69, 9.17) is 0 Å². The van der Waals surface area contributed by atoms with Gasteiger partial charge >= 0.3 is 0 Å². The third-order valence-corrected chi connectivity index (χ3v) is 3.44. The molecule has 75 valence electrons. The van der Waals surface area contributed by atoms with Gasteiger partial charge in [-0.15, -0.1) is 0 Å². The van der Waals surface area contributed by atoms with E-state index in [2.05, 4.69) is 23.7 Å². The molecule has 2 nitrogen and oxygen atoms in total. The van der Waals surface area contributed by atoms with Gasteiger partial charge in [-0.25, -0.2) is 0 Å². The number of hydrogen-bond donors (Lipinski definition) is 1. The number of likely N-dealkylation sites (tertiary alicyclic amines) is 1. The zero-order chi connectivity index (χ0) is 9.10. The van der Waals surface area contributed by atoms with E-state index in [1.807, 2.05) is 0 Å². The summed E-state index contributed by atoms with van der Waals surface area (Å²) in [5.41, 5.74) is 0. The highest BCUT2D eigenvalue weighted by Crippen LogP contribution is 2.20. The van der Waals surface area contributed by atoms with Crippen molar-refractivity contribution in [3.05, 3.63) is 6.54 Å². The molecule has 0 aliphatic carbocycles. The molecule has 0 saturated carbocycles. The summed E-state index contributed by atoms with van der Waals surface area (Å²) in [4.78, 5) is 2.55. The Balaban J connectivity index is 1.83. The highest BCUT2D eigenvalue weighted by molar-refractivity contribution is 4.89. The Morgan fingerprint density at radius 1 is 1.38 bits per heavy atom. The number of piperidine rings is 1. The minimum absolute atomic E-state index is 0.711. The van der Waals surface area contributed by atoms with Crippen LogP contribution >= 0.6 is 0 Å². The fourth-order valence-corrected chi connectivity index (χ4v) is 2.51. The van der Waals surface area contributed by atoms with Gasteiger partial charge in [0.2, 0.25) is 0 Å². The number of hydrogen-bond acceptors (Lipinski definition) is 2. The van der Waals surface area contributed by atoms with E-state index in [0.717, 1.165) is 6.04 Å². The van der Waals surface area contributed by atoms with E-state index < -0.39 is 0 Å². The number of rotatable bonds is 2. The highest BCUT2D eigenvalue weighted by Gasteiger charge is 2.26. The van der Waals surface area contributed by atoms with Crippen LogP contribution in [0.25, 0.3) is 0 Å². The minimum atomic E-state index is 0.711. The van der Waals surface area contributed by atoms with Gasteiger partial charge in [-0.3, -0.25) is 4.90 Å². The van der Waals surface area contributed by atoms with Gasteiger partial charge in [-0.2, -0.15) is 0 Å². The molecule has 0 aromatic rings. The second-order valence-electron chi connectivity index (χ2n) is 4.36. The molecule has 0 amide bonds. The average Bonchev–Trinajstić information content (AvgIpc) is 2.71. The second kappa shape index (κ2) is 4.43. The predicted molar refractivity (Wildman–Crippen MR) is 55.3 cm³/mol. The van der Waals surface area contributed by atoms with E-state index in [0.29, 0.717) is 6.04 Å². The molecule has 0 bridgehead atoms. The maximum Gasteiger partial charge on any atom is 0.0255 e. The van der Waals surface area contributed by atoms with Crippen molar-refractivity contribution in [2.45, 2.75) is 51.1 Å². The Labute approximate surface area is 81.7 Å². The van der Waals surface area contributed by atoms with Crippen LogP contribution in [0.3, 0.4) is 0 Å². The first-order valence-electron chi connectivity index (χ1n) is 5.70. The van der Waals surface area contributed by atoms with Gasteiger partial charge in [0, 0.05) is 18.6 Å².